The quantitative estimate of drug-likeness (QED) is 0.731. The third-order valence-electron chi connectivity index (χ3n) is 3.66. The number of hydrogen-bond acceptors (Lipinski definition) is 4. The van der Waals surface area contributed by atoms with Crippen LogP contribution in [0.4, 0.5) is 5.69 Å². The van der Waals surface area contributed by atoms with Gasteiger partial charge in [-0.25, -0.2) is 0 Å². The predicted octanol–water partition coefficient (Wildman–Crippen LogP) is 3.05. The van der Waals surface area contributed by atoms with Crippen molar-refractivity contribution in [2.24, 2.45) is 5.73 Å². The molecule has 0 bridgehead atoms. The minimum absolute atomic E-state index is 0.109. The molecule has 5 heteroatoms. The maximum Gasteiger partial charge on any atom is 0.226 e. The van der Waals surface area contributed by atoms with Crippen molar-refractivity contribution in [3.8, 4) is 5.75 Å². The molecule has 0 aliphatic heterocycles. The van der Waals surface area contributed by atoms with Crippen molar-refractivity contribution < 1.29 is 14.3 Å². The fourth-order valence-electron chi connectivity index (χ4n) is 2.33. The molecular formula is C19H24N2O3. The average Bonchev–Trinajstić information content (AvgIpc) is 2.58. The molecule has 0 aliphatic rings. The number of amides is 1. The number of nitrogens with one attached hydrogen (secondary N) is 1. The van der Waals surface area contributed by atoms with Gasteiger partial charge in [-0.05, 0) is 36.2 Å². The summed E-state index contributed by atoms with van der Waals surface area (Å²) in [6, 6.07) is 14.9. The number of anilines is 1. The molecule has 1 atom stereocenters. The van der Waals surface area contributed by atoms with Gasteiger partial charge in [0.15, 0.2) is 0 Å². The van der Waals surface area contributed by atoms with E-state index in [-0.39, 0.29) is 18.4 Å². The summed E-state index contributed by atoms with van der Waals surface area (Å²) in [4.78, 5) is 12.2. The van der Waals surface area contributed by atoms with Crippen molar-refractivity contribution in [1.82, 2.24) is 0 Å². The number of aryl methyl sites for hydroxylation is 1. The second-order valence-corrected chi connectivity index (χ2v) is 5.59. The highest BCUT2D eigenvalue weighted by atomic mass is 16.5. The monoisotopic (exact) mass is 328 g/mol. The van der Waals surface area contributed by atoms with Crippen LogP contribution in [0.5, 0.6) is 5.75 Å². The largest absolute Gasteiger partial charge is 0.491 e. The van der Waals surface area contributed by atoms with Crippen LogP contribution in [0.2, 0.25) is 0 Å². The highest BCUT2D eigenvalue weighted by molar-refractivity contribution is 5.92. The summed E-state index contributed by atoms with van der Waals surface area (Å²) in [7, 11) is 1.63. The van der Waals surface area contributed by atoms with Gasteiger partial charge in [-0.15, -0.1) is 0 Å². The van der Waals surface area contributed by atoms with Crippen LogP contribution < -0.4 is 15.8 Å². The molecule has 0 heterocycles. The Morgan fingerprint density at radius 2 is 1.92 bits per heavy atom. The van der Waals surface area contributed by atoms with Crippen molar-refractivity contribution >= 4 is 11.6 Å². The Bertz CT molecular complexity index is 659. The fourth-order valence-corrected chi connectivity index (χ4v) is 2.33. The van der Waals surface area contributed by atoms with E-state index in [0.717, 1.165) is 22.6 Å². The van der Waals surface area contributed by atoms with Gasteiger partial charge in [-0.3, -0.25) is 4.79 Å². The van der Waals surface area contributed by atoms with Crippen molar-refractivity contribution in [2.45, 2.75) is 19.4 Å². The maximum atomic E-state index is 12.2. The Labute approximate surface area is 142 Å². The van der Waals surface area contributed by atoms with Gasteiger partial charge in [0.1, 0.15) is 12.4 Å². The molecule has 24 heavy (non-hydrogen) atoms. The molecule has 0 aromatic heterocycles. The standard InChI is InChI=1S/C19H24N2O3/c1-14-12-16(24-11-10-23-2)8-9-18(14)21-19(22)13-17(20)15-6-4-3-5-7-15/h3-9,12,17H,10-11,13,20H2,1-2H3,(H,21,22). The van der Waals surface area contributed by atoms with Crippen LogP contribution >= 0.6 is 0 Å². The Kier molecular flexibility index (Phi) is 6.78. The van der Waals surface area contributed by atoms with Crippen LogP contribution in [0.15, 0.2) is 48.5 Å². The second-order valence-electron chi connectivity index (χ2n) is 5.59. The van der Waals surface area contributed by atoms with Crippen LogP contribution in [0.1, 0.15) is 23.6 Å². The van der Waals surface area contributed by atoms with Crippen LogP contribution in [0.25, 0.3) is 0 Å². The lowest BCUT2D eigenvalue weighted by atomic mass is 10.0. The molecular weight excluding hydrogens is 304 g/mol. The second kappa shape index (κ2) is 9.05. The van der Waals surface area contributed by atoms with Gasteiger partial charge < -0.3 is 20.5 Å². The van der Waals surface area contributed by atoms with Gasteiger partial charge >= 0.3 is 0 Å². The molecule has 2 aromatic carbocycles. The first-order valence-corrected chi connectivity index (χ1v) is 7.93. The summed E-state index contributed by atoms with van der Waals surface area (Å²) < 4.78 is 10.5. The Morgan fingerprint density at radius 1 is 1.17 bits per heavy atom. The number of rotatable bonds is 8. The topological polar surface area (TPSA) is 73.6 Å². The van der Waals surface area contributed by atoms with E-state index in [1.807, 2.05) is 55.5 Å². The van der Waals surface area contributed by atoms with Crippen molar-refractivity contribution in [3.63, 3.8) is 0 Å². The third-order valence-corrected chi connectivity index (χ3v) is 3.66. The summed E-state index contributed by atoms with van der Waals surface area (Å²) in [5, 5.41) is 2.91. The summed E-state index contributed by atoms with van der Waals surface area (Å²) in [6.07, 6.45) is 0.232. The number of ether oxygens (including phenoxy) is 2. The molecule has 1 amide bonds. The zero-order chi connectivity index (χ0) is 17.4. The molecule has 0 aliphatic carbocycles. The summed E-state index contributed by atoms with van der Waals surface area (Å²) >= 11 is 0. The van der Waals surface area contributed by atoms with Crippen molar-refractivity contribution in [3.05, 3.63) is 59.7 Å². The zero-order valence-corrected chi connectivity index (χ0v) is 14.1. The molecule has 3 N–H and O–H groups in total. The van der Waals surface area contributed by atoms with Gasteiger partial charge in [0.05, 0.1) is 6.61 Å². The molecule has 1 unspecified atom stereocenters. The molecule has 0 spiro atoms. The summed E-state index contributed by atoms with van der Waals surface area (Å²) in [5.74, 6) is 0.644. The minimum atomic E-state index is -0.317. The van der Waals surface area contributed by atoms with E-state index in [1.165, 1.54) is 0 Å². The molecule has 2 aromatic rings. The van der Waals surface area contributed by atoms with E-state index < -0.39 is 0 Å². The van der Waals surface area contributed by atoms with Crippen molar-refractivity contribution in [1.29, 1.82) is 0 Å². The number of nitrogens with two attached hydrogens (primary N) is 1. The molecule has 0 saturated heterocycles. The first-order valence-electron chi connectivity index (χ1n) is 7.93. The number of benzene rings is 2. The molecule has 2 rings (SSSR count). The van der Waals surface area contributed by atoms with Gasteiger partial charge in [-0.2, -0.15) is 0 Å². The van der Waals surface area contributed by atoms with E-state index in [0.29, 0.717) is 13.2 Å². The summed E-state index contributed by atoms with van der Waals surface area (Å²) in [6.45, 7) is 2.96. The Morgan fingerprint density at radius 3 is 2.58 bits per heavy atom. The smallest absolute Gasteiger partial charge is 0.226 e. The van der Waals surface area contributed by atoms with E-state index in [4.69, 9.17) is 15.2 Å². The van der Waals surface area contributed by atoms with Crippen LogP contribution in [-0.2, 0) is 9.53 Å². The molecule has 0 radical (unpaired) electrons. The Hall–Kier alpha value is -2.37. The number of methoxy groups -OCH3 is 1. The molecule has 5 nitrogen and oxygen atoms in total. The first-order chi connectivity index (χ1) is 11.6. The SMILES string of the molecule is COCCOc1ccc(NC(=O)CC(N)c2ccccc2)c(C)c1. The summed E-state index contributed by atoms with van der Waals surface area (Å²) in [5.41, 5.74) is 8.74. The molecule has 0 saturated carbocycles. The minimum Gasteiger partial charge on any atom is -0.491 e. The highest BCUT2D eigenvalue weighted by Gasteiger charge is 2.12. The fraction of sp³-hybridized carbons (Fsp3) is 0.316. The van der Waals surface area contributed by atoms with Crippen molar-refractivity contribution in [2.75, 3.05) is 25.6 Å². The van der Waals surface area contributed by atoms with Crippen LogP contribution in [-0.4, -0.2) is 26.2 Å². The lowest BCUT2D eigenvalue weighted by Gasteiger charge is -2.14. The maximum absolute atomic E-state index is 12.2. The lowest BCUT2D eigenvalue weighted by molar-refractivity contribution is -0.116. The first kappa shape index (κ1) is 18.0. The van der Waals surface area contributed by atoms with Gasteiger partial charge in [-0.1, -0.05) is 30.3 Å². The van der Waals surface area contributed by atoms with Crippen LogP contribution in [0, 0.1) is 6.92 Å². The number of carbonyl (C=O) groups excluding carboxylic acids is 1. The van der Waals surface area contributed by atoms with Gasteiger partial charge in [0, 0.05) is 25.3 Å². The van der Waals surface area contributed by atoms with Gasteiger partial charge in [0.2, 0.25) is 5.91 Å². The molecule has 0 fully saturated rings. The zero-order valence-electron chi connectivity index (χ0n) is 14.1. The van der Waals surface area contributed by atoms with E-state index >= 15 is 0 Å². The van der Waals surface area contributed by atoms with E-state index in [9.17, 15) is 4.79 Å². The third kappa shape index (κ3) is 5.37. The number of hydrogen-bond donors (Lipinski definition) is 2. The van der Waals surface area contributed by atoms with Crippen LogP contribution in [0.3, 0.4) is 0 Å². The highest BCUT2D eigenvalue weighted by Crippen LogP contribution is 2.22. The van der Waals surface area contributed by atoms with Gasteiger partial charge in [0.25, 0.3) is 0 Å². The van der Waals surface area contributed by atoms with E-state index in [2.05, 4.69) is 5.32 Å². The average molecular weight is 328 g/mol. The Balaban J connectivity index is 1.91. The van der Waals surface area contributed by atoms with E-state index in [1.54, 1.807) is 7.11 Å². The normalized spacial score (nSPS) is 11.8. The number of carbonyl (C=O) groups is 1. The predicted molar refractivity (Wildman–Crippen MR) is 95.2 cm³/mol. The lowest BCUT2D eigenvalue weighted by Crippen LogP contribution is -2.20. The molecule has 128 valence electrons.